The Bertz CT molecular complexity index is 769. The van der Waals surface area contributed by atoms with Crippen LogP contribution in [0.3, 0.4) is 0 Å². The molecule has 2 N–H and O–H groups in total. The van der Waals surface area contributed by atoms with Crippen LogP contribution in [0.15, 0.2) is 42.5 Å². The van der Waals surface area contributed by atoms with Gasteiger partial charge in [0, 0.05) is 5.56 Å². The number of tetrazole rings is 1. The fourth-order valence-electron chi connectivity index (χ4n) is 1.98. The molecule has 2 aromatic carbocycles. The highest BCUT2D eigenvalue weighted by Gasteiger charge is 2.14. The van der Waals surface area contributed by atoms with Crippen LogP contribution >= 0.6 is 11.6 Å². The molecule has 0 saturated carbocycles. The fourth-order valence-corrected chi connectivity index (χ4v) is 2.16. The zero-order chi connectivity index (χ0) is 14.8. The van der Waals surface area contributed by atoms with E-state index in [-0.39, 0.29) is 0 Å². The number of aromatic nitrogens is 4. The van der Waals surface area contributed by atoms with Gasteiger partial charge in [-0.05, 0) is 46.8 Å². The molecule has 0 aliphatic rings. The molecule has 0 radical (unpaired) electrons. The van der Waals surface area contributed by atoms with Crippen molar-refractivity contribution in [1.29, 1.82) is 0 Å². The second-order valence-electron chi connectivity index (χ2n) is 4.31. The first-order valence-corrected chi connectivity index (χ1v) is 6.55. The summed E-state index contributed by atoms with van der Waals surface area (Å²) >= 11 is 6.05. The first kappa shape index (κ1) is 13.4. The minimum absolute atomic E-state index is 0.448. The predicted molar refractivity (Wildman–Crippen MR) is 80.6 cm³/mol. The summed E-state index contributed by atoms with van der Waals surface area (Å²) < 4.78 is 6.74. The summed E-state index contributed by atoms with van der Waals surface area (Å²) in [7, 11) is 1.62. The molecule has 0 atom stereocenters. The molecular formula is C14H12ClN5O. The van der Waals surface area contributed by atoms with Crippen molar-refractivity contribution in [3.05, 3.63) is 47.5 Å². The molecule has 1 heterocycles. The Morgan fingerprint density at radius 1 is 1.14 bits per heavy atom. The summed E-state index contributed by atoms with van der Waals surface area (Å²) in [5.74, 6) is 1.29. The standard InChI is InChI=1S/C14H12ClN5O/c1-21-10-7-5-9(6-8-10)20-14(17-18-19-20)11-3-2-4-12(15)13(11)16/h2-8H,16H2,1H3. The van der Waals surface area contributed by atoms with E-state index in [0.717, 1.165) is 11.4 Å². The van der Waals surface area contributed by atoms with Crippen molar-refractivity contribution >= 4 is 17.3 Å². The minimum Gasteiger partial charge on any atom is -0.497 e. The quantitative estimate of drug-likeness (QED) is 0.752. The van der Waals surface area contributed by atoms with E-state index < -0.39 is 0 Å². The molecule has 3 rings (SSSR count). The Labute approximate surface area is 126 Å². The van der Waals surface area contributed by atoms with Gasteiger partial charge in [-0.25, -0.2) is 0 Å². The van der Waals surface area contributed by atoms with Crippen molar-refractivity contribution in [3.63, 3.8) is 0 Å². The van der Waals surface area contributed by atoms with Gasteiger partial charge in [-0.15, -0.1) is 5.10 Å². The number of nitrogen functional groups attached to an aromatic ring is 1. The molecule has 106 valence electrons. The number of ether oxygens (including phenoxy) is 1. The smallest absolute Gasteiger partial charge is 0.189 e. The maximum atomic E-state index is 6.05. The van der Waals surface area contributed by atoms with E-state index in [4.69, 9.17) is 22.1 Å². The van der Waals surface area contributed by atoms with E-state index >= 15 is 0 Å². The van der Waals surface area contributed by atoms with E-state index in [2.05, 4.69) is 15.5 Å². The molecule has 0 bridgehead atoms. The van der Waals surface area contributed by atoms with Crippen molar-refractivity contribution < 1.29 is 4.74 Å². The summed E-state index contributed by atoms with van der Waals surface area (Å²) in [4.78, 5) is 0. The fraction of sp³-hybridized carbons (Fsp3) is 0.0714. The number of para-hydroxylation sites is 1. The van der Waals surface area contributed by atoms with E-state index in [1.165, 1.54) is 0 Å². The van der Waals surface area contributed by atoms with Gasteiger partial charge < -0.3 is 10.5 Å². The van der Waals surface area contributed by atoms with Crippen molar-refractivity contribution in [2.75, 3.05) is 12.8 Å². The molecule has 0 aliphatic heterocycles. The Morgan fingerprint density at radius 3 is 2.62 bits per heavy atom. The number of nitrogens with zero attached hydrogens (tertiary/aromatic N) is 4. The lowest BCUT2D eigenvalue weighted by Crippen LogP contribution is -2.02. The number of hydrogen-bond donors (Lipinski definition) is 1. The number of rotatable bonds is 3. The maximum Gasteiger partial charge on any atom is 0.189 e. The molecule has 6 nitrogen and oxygen atoms in total. The van der Waals surface area contributed by atoms with Gasteiger partial charge >= 0.3 is 0 Å². The highest BCUT2D eigenvalue weighted by Crippen LogP contribution is 2.30. The van der Waals surface area contributed by atoms with Crippen LogP contribution in [-0.4, -0.2) is 27.3 Å². The predicted octanol–water partition coefficient (Wildman–Crippen LogP) is 2.57. The van der Waals surface area contributed by atoms with Gasteiger partial charge in [-0.3, -0.25) is 0 Å². The lowest BCUT2D eigenvalue weighted by molar-refractivity contribution is 0.414. The van der Waals surface area contributed by atoms with Crippen LogP contribution in [0.25, 0.3) is 17.1 Å². The van der Waals surface area contributed by atoms with Gasteiger partial charge in [0.25, 0.3) is 0 Å². The Balaban J connectivity index is 2.10. The van der Waals surface area contributed by atoms with Gasteiger partial charge in [0.1, 0.15) is 5.75 Å². The van der Waals surface area contributed by atoms with Crippen molar-refractivity contribution in [2.24, 2.45) is 0 Å². The van der Waals surface area contributed by atoms with Crippen LogP contribution in [0.2, 0.25) is 5.02 Å². The summed E-state index contributed by atoms with van der Waals surface area (Å²) in [5, 5.41) is 12.2. The molecule has 21 heavy (non-hydrogen) atoms. The van der Waals surface area contributed by atoms with Crippen LogP contribution in [0.4, 0.5) is 5.69 Å². The topological polar surface area (TPSA) is 78.8 Å². The lowest BCUT2D eigenvalue weighted by atomic mass is 10.1. The lowest BCUT2D eigenvalue weighted by Gasteiger charge is -2.08. The molecule has 0 spiro atoms. The molecule has 0 unspecified atom stereocenters. The van der Waals surface area contributed by atoms with E-state index in [0.29, 0.717) is 22.1 Å². The van der Waals surface area contributed by atoms with Gasteiger partial charge in [0.15, 0.2) is 5.82 Å². The second-order valence-corrected chi connectivity index (χ2v) is 4.72. The Kier molecular flexibility index (Phi) is 3.45. The van der Waals surface area contributed by atoms with Gasteiger partial charge in [0.2, 0.25) is 0 Å². The Hall–Kier alpha value is -2.60. The molecule has 0 fully saturated rings. The summed E-state index contributed by atoms with van der Waals surface area (Å²) in [5.41, 5.74) is 7.94. The highest BCUT2D eigenvalue weighted by molar-refractivity contribution is 6.33. The van der Waals surface area contributed by atoms with Crippen LogP contribution in [0.5, 0.6) is 5.75 Å². The largest absolute Gasteiger partial charge is 0.497 e. The average Bonchev–Trinajstić information content (AvgIpc) is 2.99. The van der Waals surface area contributed by atoms with Crippen molar-refractivity contribution in [1.82, 2.24) is 20.2 Å². The number of benzene rings is 2. The number of hydrogen-bond acceptors (Lipinski definition) is 5. The highest BCUT2D eigenvalue weighted by atomic mass is 35.5. The third-order valence-electron chi connectivity index (χ3n) is 3.08. The third-order valence-corrected chi connectivity index (χ3v) is 3.41. The number of anilines is 1. The number of nitrogens with two attached hydrogens (primary N) is 1. The third kappa shape index (κ3) is 2.41. The number of halogens is 1. The van der Waals surface area contributed by atoms with Crippen molar-refractivity contribution in [3.8, 4) is 22.8 Å². The van der Waals surface area contributed by atoms with Crippen LogP contribution < -0.4 is 10.5 Å². The summed E-state index contributed by atoms with van der Waals surface area (Å²) in [6.07, 6.45) is 0. The average molecular weight is 302 g/mol. The zero-order valence-corrected chi connectivity index (χ0v) is 11.9. The van der Waals surface area contributed by atoms with Crippen LogP contribution in [-0.2, 0) is 0 Å². The molecule has 3 aromatic rings. The van der Waals surface area contributed by atoms with Gasteiger partial charge in [0.05, 0.1) is 23.5 Å². The summed E-state index contributed by atoms with van der Waals surface area (Å²) in [6, 6.07) is 12.7. The normalized spacial score (nSPS) is 10.6. The number of methoxy groups -OCH3 is 1. The van der Waals surface area contributed by atoms with E-state index in [9.17, 15) is 0 Å². The molecule has 0 aliphatic carbocycles. The Morgan fingerprint density at radius 2 is 1.90 bits per heavy atom. The monoisotopic (exact) mass is 301 g/mol. The first-order chi connectivity index (χ1) is 10.2. The first-order valence-electron chi connectivity index (χ1n) is 6.18. The van der Waals surface area contributed by atoms with Crippen LogP contribution in [0.1, 0.15) is 0 Å². The zero-order valence-electron chi connectivity index (χ0n) is 11.2. The van der Waals surface area contributed by atoms with Crippen LogP contribution in [0, 0.1) is 0 Å². The molecule has 0 amide bonds. The molecular weight excluding hydrogens is 290 g/mol. The molecule has 0 saturated heterocycles. The van der Waals surface area contributed by atoms with Gasteiger partial charge in [-0.2, -0.15) is 4.68 Å². The van der Waals surface area contributed by atoms with E-state index in [1.807, 2.05) is 30.3 Å². The van der Waals surface area contributed by atoms with E-state index in [1.54, 1.807) is 23.9 Å². The van der Waals surface area contributed by atoms with Crippen molar-refractivity contribution in [2.45, 2.75) is 0 Å². The minimum atomic E-state index is 0.448. The van der Waals surface area contributed by atoms with Gasteiger partial charge in [-0.1, -0.05) is 17.7 Å². The molecule has 7 heteroatoms. The SMILES string of the molecule is COc1ccc(-n2nnnc2-c2cccc(Cl)c2N)cc1. The molecule has 1 aromatic heterocycles. The maximum absolute atomic E-state index is 6.05. The summed E-state index contributed by atoms with van der Waals surface area (Å²) in [6.45, 7) is 0. The second kappa shape index (κ2) is 5.41.